The first-order chi connectivity index (χ1) is 8.11. The predicted octanol–water partition coefficient (Wildman–Crippen LogP) is 2.91. The molecule has 17 heavy (non-hydrogen) atoms. The van der Waals surface area contributed by atoms with E-state index in [9.17, 15) is 8.42 Å². The topological polar surface area (TPSA) is 46.2 Å². The molecular weight excluding hydrogens is 258 g/mol. The molecule has 5 heteroatoms. The zero-order valence-corrected chi connectivity index (χ0v) is 11.5. The monoisotopic (exact) mass is 275 g/mol. The summed E-state index contributed by atoms with van der Waals surface area (Å²) in [7, 11) is -3.17. The molecule has 1 aromatic rings. The van der Waals surface area contributed by atoms with Gasteiger partial charge in [-0.1, -0.05) is 19.1 Å². The van der Waals surface area contributed by atoms with Gasteiger partial charge in [0.15, 0.2) is 9.84 Å². The van der Waals surface area contributed by atoms with Gasteiger partial charge in [0.2, 0.25) is 0 Å². The Labute approximate surface area is 108 Å². The highest BCUT2D eigenvalue weighted by Gasteiger charge is 2.16. The van der Waals surface area contributed by atoms with Crippen LogP contribution in [0.4, 0.5) is 5.69 Å². The van der Waals surface area contributed by atoms with Crippen LogP contribution < -0.4 is 5.32 Å². The Morgan fingerprint density at radius 2 is 2.00 bits per heavy atom. The molecule has 1 aromatic carbocycles. The minimum absolute atomic E-state index is 0.182. The van der Waals surface area contributed by atoms with E-state index >= 15 is 0 Å². The molecule has 0 spiro atoms. The van der Waals surface area contributed by atoms with E-state index < -0.39 is 9.84 Å². The van der Waals surface area contributed by atoms with E-state index in [1.54, 1.807) is 18.2 Å². The summed E-state index contributed by atoms with van der Waals surface area (Å²) in [5, 5.41) is 3.12. The standard InChI is InChI=1S/C12H18ClNO2S/c1-2-10-17(15,16)12-7-4-3-6-11(12)14-9-5-8-13/h3-4,6-7,14H,2,5,8-10H2,1H3. The quantitative estimate of drug-likeness (QED) is 0.615. The Balaban J connectivity index is 2.91. The van der Waals surface area contributed by atoms with Crippen LogP contribution in [0.1, 0.15) is 19.8 Å². The fourth-order valence-corrected chi connectivity index (χ4v) is 3.20. The van der Waals surface area contributed by atoms with E-state index in [-0.39, 0.29) is 5.75 Å². The zero-order valence-electron chi connectivity index (χ0n) is 9.95. The van der Waals surface area contributed by atoms with Gasteiger partial charge in [-0.05, 0) is 25.0 Å². The zero-order chi connectivity index (χ0) is 12.7. The molecule has 0 aliphatic carbocycles. The maximum absolute atomic E-state index is 12.0. The SMILES string of the molecule is CCCS(=O)(=O)c1ccccc1NCCCCl. The first-order valence-corrected chi connectivity index (χ1v) is 7.92. The van der Waals surface area contributed by atoms with Gasteiger partial charge in [0.25, 0.3) is 0 Å². The summed E-state index contributed by atoms with van der Waals surface area (Å²) >= 11 is 5.59. The van der Waals surface area contributed by atoms with Crippen LogP contribution in [0.15, 0.2) is 29.2 Å². The lowest BCUT2D eigenvalue weighted by Crippen LogP contribution is -2.11. The fourth-order valence-electron chi connectivity index (χ4n) is 1.55. The van der Waals surface area contributed by atoms with Crippen molar-refractivity contribution in [1.29, 1.82) is 0 Å². The number of alkyl halides is 1. The summed E-state index contributed by atoms with van der Waals surface area (Å²) in [5.74, 6) is 0.748. The Morgan fingerprint density at radius 3 is 2.65 bits per heavy atom. The normalized spacial score (nSPS) is 11.4. The van der Waals surface area contributed by atoms with E-state index in [2.05, 4.69) is 5.32 Å². The summed E-state index contributed by atoms with van der Waals surface area (Å²) in [4.78, 5) is 0.386. The van der Waals surface area contributed by atoms with Crippen LogP contribution in [0.2, 0.25) is 0 Å². The third-order valence-electron chi connectivity index (χ3n) is 2.32. The number of anilines is 1. The third-order valence-corrected chi connectivity index (χ3v) is 4.56. The molecular formula is C12H18ClNO2S. The largest absolute Gasteiger partial charge is 0.384 e. The lowest BCUT2D eigenvalue weighted by Gasteiger charge is -2.11. The first-order valence-electron chi connectivity index (χ1n) is 5.73. The molecule has 96 valence electrons. The van der Waals surface area contributed by atoms with Gasteiger partial charge >= 0.3 is 0 Å². The second-order valence-corrected chi connectivity index (χ2v) is 6.24. The number of sulfone groups is 1. The Bertz CT molecular complexity index is 446. The first kappa shape index (κ1) is 14.3. The number of para-hydroxylation sites is 1. The van der Waals surface area contributed by atoms with Gasteiger partial charge in [-0.2, -0.15) is 0 Å². The van der Waals surface area contributed by atoms with E-state index in [0.29, 0.717) is 29.4 Å². The molecule has 1 N–H and O–H groups in total. The van der Waals surface area contributed by atoms with Gasteiger partial charge < -0.3 is 5.32 Å². The Morgan fingerprint density at radius 1 is 1.29 bits per heavy atom. The summed E-state index contributed by atoms with van der Waals surface area (Å²) in [5.41, 5.74) is 0.672. The molecule has 0 bridgehead atoms. The van der Waals surface area contributed by atoms with Crippen molar-refractivity contribution in [3.63, 3.8) is 0 Å². The maximum atomic E-state index is 12.0. The van der Waals surface area contributed by atoms with Crippen molar-refractivity contribution in [2.75, 3.05) is 23.5 Å². The van der Waals surface area contributed by atoms with Crippen LogP contribution in [0.3, 0.4) is 0 Å². The van der Waals surface area contributed by atoms with Crippen molar-refractivity contribution in [1.82, 2.24) is 0 Å². The fraction of sp³-hybridized carbons (Fsp3) is 0.500. The van der Waals surface area contributed by atoms with Crippen LogP contribution in [-0.2, 0) is 9.84 Å². The van der Waals surface area contributed by atoms with Crippen molar-refractivity contribution < 1.29 is 8.42 Å². The molecule has 0 aliphatic heterocycles. The molecule has 0 unspecified atom stereocenters. The van der Waals surface area contributed by atoms with Crippen LogP contribution in [0, 0.1) is 0 Å². The molecule has 0 aromatic heterocycles. The number of rotatable bonds is 7. The molecule has 0 atom stereocenters. The lowest BCUT2D eigenvalue weighted by molar-refractivity contribution is 0.595. The highest BCUT2D eigenvalue weighted by atomic mass is 35.5. The molecule has 0 amide bonds. The predicted molar refractivity (Wildman–Crippen MR) is 72.6 cm³/mol. The average Bonchev–Trinajstić information content (AvgIpc) is 2.30. The van der Waals surface area contributed by atoms with Crippen molar-refractivity contribution in [3.8, 4) is 0 Å². The summed E-state index contributed by atoms with van der Waals surface area (Å²) < 4.78 is 24.0. The second-order valence-electron chi connectivity index (χ2n) is 3.78. The van der Waals surface area contributed by atoms with E-state index in [4.69, 9.17) is 11.6 Å². The van der Waals surface area contributed by atoms with Gasteiger partial charge in [0.05, 0.1) is 16.3 Å². The number of hydrogen-bond acceptors (Lipinski definition) is 3. The van der Waals surface area contributed by atoms with Gasteiger partial charge in [-0.3, -0.25) is 0 Å². The van der Waals surface area contributed by atoms with Crippen molar-refractivity contribution in [3.05, 3.63) is 24.3 Å². The minimum Gasteiger partial charge on any atom is -0.384 e. The Hall–Kier alpha value is -0.740. The summed E-state index contributed by atoms with van der Waals surface area (Å²) in [6.07, 6.45) is 1.43. The number of benzene rings is 1. The second kappa shape index (κ2) is 6.87. The van der Waals surface area contributed by atoms with E-state index in [0.717, 1.165) is 6.42 Å². The smallest absolute Gasteiger partial charge is 0.180 e. The third kappa shape index (κ3) is 4.21. The van der Waals surface area contributed by atoms with Crippen LogP contribution in [0.25, 0.3) is 0 Å². The molecule has 0 fully saturated rings. The van der Waals surface area contributed by atoms with Crippen molar-refractivity contribution in [2.24, 2.45) is 0 Å². The number of halogens is 1. The van der Waals surface area contributed by atoms with Gasteiger partial charge in [-0.25, -0.2) is 8.42 Å². The molecule has 0 aliphatic rings. The molecule has 0 saturated carbocycles. The minimum atomic E-state index is -3.17. The molecule has 1 rings (SSSR count). The number of nitrogens with one attached hydrogen (secondary N) is 1. The summed E-state index contributed by atoms with van der Waals surface area (Å²) in [6.45, 7) is 2.54. The molecule has 0 saturated heterocycles. The van der Waals surface area contributed by atoms with Crippen molar-refractivity contribution >= 4 is 27.1 Å². The van der Waals surface area contributed by atoms with Crippen molar-refractivity contribution in [2.45, 2.75) is 24.7 Å². The number of hydrogen-bond donors (Lipinski definition) is 1. The van der Waals surface area contributed by atoms with Crippen LogP contribution in [-0.4, -0.2) is 26.6 Å². The van der Waals surface area contributed by atoms with Crippen LogP contribution >= 0.6 is 11.6 Å². The molecule has 3 nitrogen and oxygen atoms in total. The summed E-state index contributed by atoms with van der Waals surface area (Å²) in [6, 6.07) is 7.01. The maximum Gasteiger partial charge on any atom is 0.180 e. The van der Waals surface area contributed by atoms with Gasteiger partial charge in [-0.15, -0.1) is 11.6 Å². The van der Waals surface area contributed by atoms with Gasteiger partial charge in [0, 0.05) is 12.4 Å². The highest BCUT2D eigenvalue weighted by Crippen LogP contribution is 2.22. The van der Waals surface area contributed by atoms with E-state index in [1.807, 2.05) is 13.0 Å². The molecule has 0 heterocycles. The molecule has 0 radical (unpaired) electrons. The van der Waals surface area contributed by atoms with Gasteiger partial charge in [0.1, 0.15) is 0 Å². The van der Waals surface area contributed by atoms with E-state index in [1.165, 1.54) is 0 Å². The van der Waals surface area contributed by atoms with Crippen LogP contribution in [0.5, 0.6) is 0 Å². The average molecular weight is 276 g/mol. The lowest BCUT2D eigenvalue weighted by atomic mass is 10.3. The Kier molecular flexibility index (Phi) is 5.78. The highest BCUT2D eigenvalue weighted by molar-refractivity contribution is 7.91.